The average Bonchev–Trinajstić information content (AvgIpc) is 2.32. The molecule has 94 valence electrons. The van der Waals surface area contributed by atoms with Gasteiger partial charge in [0.2, 0.25) is 5.91 Å². The average molecular weight is 318 g/mol. The highest BCUT2D eigenvalue weighted by Gasteiger charge is 2.07. The van der Waals surface area contributed by atoms with E-state index < -0.39 is 0 Å². The van der Waals surface area contributed by atoms with Crippen LogP contribution >= 0.6 is 27.7 Å². The molecule has 0 aliphatic carbocycles. The highest BCUT2D eigenvalue weighted by molar-refractivity contribution is 9.10. The second-order valence-electron chi connectivity index (χ2n) is 3.55. The molecule has 1 rings (SSSR count). The molecule has 3 nitrogen and oxygen atoms in total. The predicted octanol–water partition coefficient (Wildman–Crippen LogP) is 2.65. The summed E-state index contributed by atoms with van der Waals surface area (Å²) in [4.78, 5) is 13.2. The van der Waals surface area contributed by atoms with Crippen LogP contribution in [0.5, 0.6) is 5.75 Å². The Bertz CT molecular complexity index is 356. The van der Waals surface area contributed by atoms with Crippen molar-refractivity contribution in [2.45, 2.75) is 0 Å². The fraction of sp³-hybridized carbons (Fsp3) is 0.417. The van der Waals surface area contributed by atoms with Gasteiger partial charge in [-0.2, -0.15) is 11.8 Å². The summed E-state index contributed by atoms with van der Waals surface area (Å²) >= 11 is 4.89. The summed E-state index contributed by atoms with van der Waals surface area (Å²) in [5.41, 5.74) is 0. The van der Waals surface area contributed by atoms with E-state index in [0.29, 0.717) is 18.9 Å². The summed E-state index contributed by atoms with van der Waals surface area (Å²) in [5, 5.41) is 0. The quantitative estimate of drug-likeness (QED) is 0.808. The SMILES string of the molecule is CSCC(=O)N(C)CCOc1ccc(Br)cc1. The van der Waals surface area contributed by atoms with Crippen molar-refractivity contribution < 1.29 is 9.53 Å². The summed E-state index contributed by atoms with van der Waals surface area (Å²) in [7, 11) is 1.80. The topological polar surface area (TPSA) is 29.5 Å². The predicted molar refractivity (Wildman–Crippen MR) is 75.7 cm³/mol. The van der Waals surface area contributed by atoms with E-state index in [1.807, 2.05) is 30.5 Å². The second-order valence-corrected chi connectivity index (χ2v) is 5.33. The fourth-order valence-corrected chi connectivity index (χ4v) is 1.92. The maximum absolute atomic E-state index is 11.5. The lowest BCUT2D eigenvalue weighted by atomic mass is 10.3. The van der Waals surface area contributed by atoms with Gasteiger partial charge in [0.25, 0.3) is 0 Å². The van der Waals surface area contributed by atoms with Crippen LogP contribution in [0.15, 0.2) is 28.7 Å². The normalized spacial score (nSPS) is 10.1. The molecule has 0 unspecified atom stereocenters. The van der Waals surface area contributed by atoms with Crippen molar-refractivity contribution in [3.8, 4) is 5.75 Å². The summed E-state index contributed by atoms with van der Waals surface area (Å²) < 4.78 is 6.56. The number of amides is 1. The molecule has 0 fully saturated rings. The van der Waals surface area contributed by atoms with E-state index in [4.69, 9.17) is 4.74 Å². The number of halogens is 1. The zero-order valence-corrected chi connectivity index (χ0v) is 12.4. The molecule has 0 spiro atoms. The lowest BCUT2D eigenvalue weighted by Gasteiger charge is -2.16. The molecule has 5 heteroatoms. The summed E-state index contributed by atoms with van der Waals surface area (Å²) in [6.45, 7) is 1.12. The fourth-order valence-electron chi connectivity index (χ4n) is 1.19. The van der Waals surface area contributed by atoms with Gasteiger partial charge < -0.3 is 9.64 Å². The van der Waals surface area contributed by atoms with Crippen LogP contribution in [0.3, 0.4) is 0 Å². The van der Waals surface area contributed by atoms with Crippen LogP contribution in [0.1, 0.15) is 0 Å². The van der Waals surface area contributed by atoms with Crippen LogP contribution < -0.4 is 4.74 Å². The van der Waals surface area contributed by atoms with E-state index in [0.717, 1.165) is 10.2 Å². The van der Waals surface area contributed by atoms with Gasteiger partial charge >= 0.3 is 0 Å². The molecule has 0 aliphatic rings. The van der Waals surface area contributed by atoms with Crippen molar-refractivity contribution in [1.29, 1.82) is 0 Å². The Morgan fingerprint density at radius 2 is 2.06 bits per heavy atom. The molecule has 0 bridgehead atoms. The summed E-state index contributed by atoms with van der Waals surface area (Å²) in [5.74, 6) is 1.48. The number of benzene rings is 1. The van der Waals surface area contributed by atoms with Crippen molar-refractivity contribution in [1.82, 2.24) is 4.90 Å². The Kier molecular flexibility index (Phi) is 6.44. The zero-order chi connectivity index (χ0) is 12.7. The lowest BCUT2D eigenvalue weighted by Crippen LogP contribution is -2.32. The molecule has 0 aromatic heterocycles. The molecule has 0 atom stereocenters. The van der Waals surface area contributed by atoms with Gasteiger partial charge in [-0.1, -0.05) is 15.9 Å². The highest BCUT2D eigenvalue weighted by Crippen LogP contribution is 2.15. The number of likely N-dealkylation sites (N-methyl/N-ethyl adjacent to an activating group) is 1. The van der Waals surface area contributed by atoms with E-state index in [1.54, 1.807) is 11.9 Å². The summed E-state index contributed by atoms with van der Waals surface area (Å²) in [6.07, 6.45) is 1.92. The van der Waals surface area contributed by atoms with Crippen molar-refractivity contribution in [3.63, 3.8) is 0 Å². The Morgan fingerprint density at radius 3 is 2.65 bits per heavy atom. The Labute approximate surface area is 115 Å². The molecule has 0 saturated carbocycles. The number of ether oxygens (including phenoxy) is 1. The number of hydrogen-bond donors (Lipinski definition) is 0. The first kappa shape index (κ1) is 14.4. The van der Waals surface area contributed by atoms with Gasteiger partial charge in [0.05, 0.1) is 12.3 Å². The number of carbonyl (C=O) groups is 1. The maximum atomic E-state index is 11.5. The number of thioether (sulfide) groups is 1. The third-order valence-electron chi connectivity index (χ3n) is 2.20. The second kappa shape index (κ2) is 7.61. The van der Waals surface area contributed by atoms with Crippen molar-refractivity contribution in [2.24, 2.45) is 0 Å². The molecule has 17 heavy (non-hydrogen) atoms. The Hall–Kier alpha value is -0.680. The van der Waals surface area contributed by atoms with Crippen LogP contribution in [0.4, 0.5) is 0 Å². The first-order valence-corrected chi connectivity index (χ1v) is 7.43. The van der Waals surface area contributed by atoms with Crippen LogP contribution in [0.25, 0.3) is 0 Å². The molecular weight excluding hydrogens is 302 g/mol. The number of nitrogens with zero attached hydrogens (tertiary/aromatic N) is 1. The van der Waals surface area contributed by atoms with Gasteiger partial charge in [-0.3, -0.25) is 4.79 Å². The molecule has 0 heterocycles. The highest BCUT2D eigenvalue weighted by atomic mass is 79.9. The smallest absolute Gasteiger partial charge is 0.232 e. The molecule has 1 aromatic rings. The largest absolute Gasteiger partial charge is 0.492 e. The standard InChI is InChI=1S/C12H16BrNO2S/c1-14(12(15)9-17-2)7-8-16-11-5-3-10(13)4-6-11/h3-6H,7-9H2,1-2H3. The van der Waals surface area contributed by atoms with Crippen LogP contribution in [-0.4, -0.2) is 43.0 Å². The van der Waals surface area contributed by atoms with Gasteiger partial charge in [-0.25, -0.2) is 0 Å². The van der Waals surface area contributed by atoms with Crippen LogP contribution in [0.2, 0.25) is 0 Å². The minimum Gasteiger partial charge on any atom is -0.492 e. The minimum atomic E-state index is 0.136. The van der Waals surface area contributed by atoms with Gasteiger partial charge in [0.1, 0.15) is 12.4 Å². The molecule has 0 saturated heterocycles. The third kappa shape index (κ3) is 5.46. The molecule has 0 aliphatic heterocycles. The molecular formula is C12H16BrNO2S. The summed E-state index contributed by atoms with van der Waals surface area (Å²) in [6, 6.07) is 7.65. The van der Waals surface area contributed by atoms with E-state index in [1.165, 1.54) is 11.8 Å². The van der Waals surface area contributed by atoms with Crippen molar-refractivity contribution in [3.05, 3.63) is 28.7 Å². The van der Waals surface area contributed by atoms with Gasteiger partial charge in [0.15, 0.2) is 0 Å². The number of carbonyl (C=O) groups excluding carboxylic acids is 1. The van der Waals surface area contributed by atoms with E-state index in [9.17, 15) is 4.79 Å². The van der Waals surface area contributed by atoms with Gasteiger partial charge in [0, 0.05) is 11.5 Å². The van der Waals surface area contributed by atoms with Crippen molar-refractivity contribution >= 4 is 33.6 Å². The monoisotopic (exact) mass is 317 g/mol. The Balaban J connectivity index is 2.27. The van der Waals surface area contributed by atoms with Crippen LogP contribution in [0, 0.1) is 0 Å². The van der Waals surface area contributed by atoms with E-state index in [-0.39, 0.29) is 5.91 Å². The van der Waals surface area contributed by atoms with Gasteiger partial charge in [-0.15, -0.1) is 0 Å². The van der Waals surface area contributed by atoms with E-state index in [2.05, 4.69) is 15.9 Å². The molecule has 1 aromatic carbocycles. The maximum Gasteiger partial charge on any atom is 0.232 e. The first-order valence-electron chi connectivity index (χ1n) is 5.24. The number of rotatable bonds is 6. The molecule has 1 amide bonds. The molecule has 0 radical (unpaired) electrons. The van der Waals surface area contributed by atoms with Crippen molar-refractivity contribution in [2.75, 3.05) is 32.2 Å². The van der Waals surface area contributed by atoms with E-state index >= 15 is 0 Å². The zero-order valence-electron chi connectivity index (χ0n) is 9.98. The lowest BCUT2D eigenvalue weighted by molar-refractivity contribution is -0.127. The minimum absolute atomic E-state index is 0.136. The van der Waals surface area contributed by atoms with Gasteiger partial charge in [-0.05, 0) is 30.5 Å². The van der Waals surface area contributed by atoms with Crippen LogP contribution in [-0.2, 0) is 4.79 Å². The molecule has 0 N–H and O–H groups in total. The Morgan fingerprint density at radius 1 is 1.41 bits per heavy atom. The third-order valence-corrected chi connectivity index (χ3v) is 3.27. The number of hydrogen-bond acceptors (Lipinski definition) is 3. The first-order chi connectivity index (χ1) is 8.13.